The number of piperidine rings is 1. The number of fused-ring (bicyclic) bond motifs is 2. The Hall–Kier alpha value is -1.89. The van der Waals surface area contributed by atoms with Crippen LogP contribution in [0.2, 0.25) is 0 Å². The van der Waals surface area contributed by atoms with Gasteiger partial charge in [0.1, 0.15) is 0 Å². The molecule has 24 heavy (non-hydrogen) atoms. The fourth-order valence-electron chi connectivity index (χ4n) is 4.40. The van der Waals surface area contributed by atoms with Crippen LogP contribution in [0, 0.1) is 12.8 Å². The normalized spacial score (nSPS) is 32.0. The molecule has 6 nitrogen and oxygen atoms in total. The van der Waals surface area contributed by atoms with Crippen molar-refractivity contribution in [1.29, 1.82) is 0 Å². The van der Waals surface area contributed by atoms with Gasteiger partial charge in [0, 0.05) is 30.5 Å². The molecule has 6 heteroatoms. The predicted molar refractivity (Wildman–Crippen MR) is 93.5 cm³/mol. The SMILES string of the molecule is Cc1cc(C(C)(C)NC(=O)[C@H]2[C@]3(N)CNC[C@]23N)c2ccccn12. The smallest absolute Gasteiger partial charge is 0.227 e. The second kappa shape index (κ2) is 4.59. The average molecular weight is 327 g/mol. The quantitative estimate of drug-likeness (QED) is 0.648. The van der Waals surface area contributed by atoms with E-state index in [-0.39, 0.29) is 11.8 Å². The van der Waals surface area contributed by atoms with Crippen LogP contribution >= 0.6 is 0 Å². The number of rotatable bonds is 3. The molecule has 2 aromatic rings. The van der Waals surface area contributed by atoms with Gasteiger partial charge >= 0.3 is 0 Å². The minimum atomic E-state index is -0.619. The molecule has 2 aromatic heterocycles. The fourth-order valence-corrected chi connectivity index (χ4v) is 4.40. The summed E-state index contributed by atoms with van der Waals surface area (Å²) in [5.74, 6) is -0.389. The summed E-state index contributed by atoms with van der Waals surface area (Å²) >= 11 is 0. The summed E-state index contributed by atoms with van der Waals surface area (Å²) < 4.78 is 2.13. The molecule has 3 heterocycles. The maximum atomic E-state index is 12.9. The topological polar surface area (TPSA) is 97.6 Å². The molecule has 0 aromatic carbocycles. The number of nitrogens with one attached hydrogen (secondary N) is 2. The highest BCUT2D eigenvalue weighted by molar-refractivity contribution is 5.89. The molecular formula is C18H25N5O. The van der Waals surface area contributed by atoms with Gasteiger partial charge in [0.05, 0.1) is 28.1 Å². The van der Waals surface area contributed by atoms with Crippen molar-refractivity contribution in [2.75, 3.05) is 13.1 Å². The van der Waals surface area contributed by atoms with E-state index in [0.717, 1.165) is 16.8 Å². The van der Waals surface area contributed by atoms with E-state index in [4.69, 9.17) is 11.5 Å². The van der Waals surface area contributed by atoms with E-state index >= 15 is 0 Å². The van der Waals surface area contributed by atoms with Crippen molar-refractivity contribution in [3.63, 3.8) is 0 Å². The Balaban J connectivity index is 1.63. The van der Waals surface area contributed by atoms with Gasteiger partial charge < -0.3 is 26.5 Å². The first kappa shape index (κ1) is 15.6. The van der Waals surface area contributed by atoms with Gasteiger partial charge in [0.25, 0.3) is 0 Å². The van der Waals surface area contributed by atoms with Crippen molar-refractivity contribution in [1.82, 2.24) is 15.0 Å². The van der Waals surface area contributed by atoms with Gasteiger partial charge in [0.15, 0.2) is 0 Å². The number of hydrogen-bond donors (Lipinski definition) is 4. The number of pyridine rings is 1. The third-order valence-corrected chi connectivity index (χ3v) is 5.89. The van der Waals surface area contributed by atoms with Crippen LogP contribution in [0.25, 0.3) is 5.52 Å². The summed E-state index contributed by atoms with van der Waals surface area (Å²) in [4.78, 5) is 12.9. The average Bonchev–Trinajstić information content (AvgIpc) is 2.76. The molecule has 0 radical (unpaired) electrons. The van der Waals surface area contributed by atoms with Crippen LogP contribution in [0.1, 0.15) is 25.1 Å². The van der Waals surface area contributed by atoms with Crippen molar-refractivity contribution >= 4 is 11.4 Å². The summed E-state index contributed by atoms with van der Waals surface area (Å²) in [5.41, 5.74) is 14.3. The number of aryl methyl sites for hydroxylation is 1. The Labute approximate surface area is 141 Å². The molecule has 4 rings (SSSR count). The summed E-state index contributed by atoms with van der Waals surface area (Å²) in [6, 6.07) is 8.21. The highest BCUT2D eigenvalue weighted by Crippen LogP contribution is 2.53. The Morgan fingerprint density at radius 3 is 2.67 bits per heavy atom. The molecule has 2 fully saturated rings. The van der Waals surface area contributed by atoms with Gasteiger partial charge in [-0.15, -0.1) is 0 Å². The first-order chi connectivity index (χ1) is 11.2. The Morgan fingerprint density at radius 2 is 2.00 bits per heavy atom. The molecule has 1 saturated heterocycles. The summed E-state index contributed by atoms with van der Waals surface area (Å²) in [7, 11) is 0. The molecule has 1 saturated carbocycles. The molecule has 1 aliphatic heterocycles. The van der Waals surface area contributed by atoms with Crippen LogP contribution in [-0.2, 0) is 10.3 Å². The third kappa shape index (κ3) is 1.84. The van der Waals surface area contributed by atoms with Gasteiger partial charge in [-0.2, -0.15) is 0 Å². The number of carbonyl (C=O) groups is 1. The number of amides is 1. The van der Waals surface area contributed by atoms with Gasteiger partial charge in [-0.3, -0.25) is 4.79 Å². The number of carbonyl (C=O) groups excluding carboxylic acids is 1. The van der Waals surface area contributed by atoms with Crippen molar-refractivity contribution in [2.24, 2.45) is 17.4 Å². The third-order valence-electron chi connectivity index (χ3n) is 5.89. The van der Waals surface area contributed by atoms with Crippen LogP contribution in [0.3, 0.4) is 0 Å². The van der Waals surface area contributed by atoms with E-state index in [1.54, 1.807) is 0 Å². The lowest BCUT2D eigenvalue weighted by atomic mass is 9.94. The maximum Gasteiger partial charge on any atom is 0.227 e. The summed E-state index contributed by atoms with van der Waals surface area (Å²) in [5, 5.41) is 6.36. The minimum absolute atomic E-state index is 0.0561. The van der Waals surface area contributed by atoms with Crippen LogP contribution in [0.4, 0.5) is 0 Å². The van der Waals surface area contributed by atoms with Crippen molar-refractivity contribution in [3.8, 4) is 0 Å². The Kier molecular flexibility index (Phi) is 2.99. The standard InChI is InChI=1S/C18H25N5O/c1-11-8-12(13-6-4-5-7-23(11)13)16(2,3)22-15(24)14-17(19)9-21-10-18(14,17)20/h4-8,14,21H,9-10,19-20H2,1-3H3,(H,22,24)/t14-,17+,18-. The Morgan fingerprint density at radius 1 is 1.33 bits per heavy atom. The van der Waals surface area contributed by atoms with E-state index in [2.05, 4.69) is 34.1 Å². The van der Waals surface area contributed by atoms with Crippen molar-refractivity contribution < 1.29 is 4.79 Å². The fraction of sp³-hybridized carbons (Fsp3) is 0.500. The zero-order valence-electron chi connectivity index (χ0n) is 14.4. The first-order valence-electron chi connectivity index (χ1n) is 8.38. The number of hydrogen-bond acceptors (Lipinski definition) is 4. The first-order valence-corrected chi connectivity index (χ1v) is 8.38. The van der Waals surface area contributed by atoms with Gasteiger partial charge in [0.2, 0.25) is 5.91 Å². The van der Waals surface area contributed by atoms with Crippen molar-refractivity contribution in [3.05, 3.63) is 41.7 Å². The molecule has 1 aliphatic carbocycles. The molecule has 6 N–H and O–H groups in total. The molecule has 0 unspecified atom stereocenters. The second-order valence-electron chi connectivity index (χ2n) is 7.89. The molecule has 128 valence electrons. The molecule has 2 aliphatic rings. The van der Waals surface area contributed by atoms with E-state index in [1.807, 2.05) is 32.2 Å². The molecule has 0 bridgehead atoms. The summed E-state index contributed by atoms with van der Waals surface area (Å²) in [6.07, 6.45) is 2.03. The van der Waals surface area contributed by atoms with Gasteiger partial charge in [-0.05, 0) is 39.0 Å². The van der Waals surface area contributed by atoms with Gasteiger partial charge in [-0.25, -0.2) is 0 Å². The number of nitrogens with zero attached hydrogens (tertiary/aromatic N) is 1. The lowest BCUT2D eigenvalue weighted by Crippen LogP contribution is -2.46. The molecule has 0 spiro atoms. The highest BCUT2D eigenvalue weighted by atomic mass is 16.2. The second-order valence-corrected chi connectivity index (χ2v) is 7.89. The van der Waals surface area contributed by atoms with Crippen LogP contribution in [-0.4, -0.2) is 34.5 Å². The lowest BCUT2D eigenvalue weighted by molar-refractivity contribution is -0.124. The monoisotopic (exact) mass is 327 g/mol. The summed E-state index contributed by atoms with van der Waals surface area (Å²) in [6.45, 7) is 7.30. The number of aromatic nitrogens is 1. The molecule has 1 amide bonds. The molecular weight excluding hydrogens is 302 g/mol. The lowest BCUT2D eigenvalue weighted by Gasteiger charge is -2.27. The van der Waals surface area contributed by atoms with Crippen LogP contribution < -0.4 is 22.1 Å². The largest absolute Gasteiger partial charge is 0.347 e. The van der Waals surface area contributed by atoms with Crippen LogP contribution in [0.15, 0.2) is 30.5 Å². The van der Waals surface area contributed by atoms with E-state index in [1.165, 1.54) is 0 Å². The molecule has 3 atom stereocenters. The maximum absolute atomic E-state index is 12.9. The van der Waals surface area contributed by atoms with Gasteiger partial charge in [-0.1, -0.05) is 6.07 Å². The zero-order valence-corrected chi connectivity index (χ0v) is 14.4. The zero-order chi connectivity index (χ0) is 17.3. The number of nitrogens with two attached hydrogens (primary N) is 2. The van der Waals surface area contributed by atoms with E-state index in [0.29, 0.717) is 13.1 Å². The van der Waals surface area contributed by atoms with Crippen LogP contribution in [0.5, 0.6) is 0 Å². The highest BCUT2D eigenvalue weighted by Gasteiger charge is 2.78. The van der Waals surface area contributed by atoms with E-state index in [9.17, 15) is 4.79 Å². The van der Waals surface area contributed by atoms with Crippen molar-refractivity contribution in [2.45, 2.75) is 37.4 Å². The Bertz CT molecular complexity index is 825. The minimum Gasteiger partial charge on any atom is -0.347 e. The van der Waals surface area contributed by atoms with E-state index < -0.39 is 16.6 Å². The predicted octanol–water partition coefficient (Wildman–Crippen LogP) is 0.227.